The molecule has 1 unspecified atom stereocenters. The second-order valence-corrected chi connectivity index (χ2v) is 7.36. The standard InChI is InChI=1S/C19H17BrN4O2/c1-11-4-2-3-5-15(11)21-19(26)12-8-17(25)24(10-12)18-14-7-6-13(20)9-16(14)22-23-18/h2-7,9,12H,8,10H2,1H3,(H,21,26)(H,22,23). The number of anilines is 2. The monoisotopic (exact) mass is 412 g/mol. The molecule has 1 atom stereocenters. The fraction of sp³-hybridized carbons (Fsp3) is 0.211. The minimum absolute atomic E-state index is 0.0914. The van der Waals surface area contributed by atoms with E-state index in [9.17, 15) is 9.59 Å². The highest BCUT2D eigenvalue weighted by Crippen LogP contribution is 2.31. The van der Waals surface area contributed by atoms with Crippen molar-refractivity contribution in [1.82, 2.24) is 10.2 Å². The molecule has 2 N–H and O–H groups in total. The third-order valence-electron chi connectivity index (χ3n) is 4.66. The van der Waals surface area contributed by atoms with Gasteiger partial charge < -0.3 is 5.32 Å². The van der Waals surface area contributed by atoms with Crippen LogP contribution in [0.25, 0.3) is 10.9 Å². The molecular weight excluding hydrogens is 396 g/mol. The molecule has 0 spiro atoms. The molecule has 4 rings (SSSR count). The van der Waals surface area contributed by atoms with E-state index >= 15 is 0 Å². The van der Waals surface area contributed by atoms with E-state index in [1.54, 1.807) is 4.90 Å². The maximum atomic E-state index is 12.6. The Labute approximate surface area is 158 Å². The van der Waals surface area contributed by atoms with Gasteiger partial charge in [0.25, 0.3) is 0 Å². The second-order valence-electron chi connectivity index (χ2n) is 6.45. The zero-order valence-electron chi connectivity index (χ0n) is 14.1. The Hall–Kier alpha value is -2.67. The number of nitrogens with zero attached hydrogens (tertiary/aromatic N) is 2. The number of rotatable bonds is 3. The fourth-order valence-electron chi connectivity index (χ4n) is 3.22. The van der Waals surface area contributed by atoms with Gasteiger partial charge in [-0.1, -0.05) is 34.1 Å². The zero-order chi connectivity index (χ0) is 18.3. The highest BCUT2D eigenvalue weighted by Gasteiger charge is 2.37. The maximum absolute atomic E-state index is 12.6. The molecule has 0 saturated carbocycles. The number of benzene rings is 2. The van der Waals surface area contributed by atoms with Gasteiger partial charge in [0.15, 0.2) is 5.82 Å². The largest absolute Gasteiger partial charge is 0.326 e. The Morgan fingerprint density at radius 2 is 2.12 bits per heavy atom. The highest BCUT2D eigenvalue weighted by molar-refractivity contribution is 9.10. The number of halogens is 1. The number of nitrogens with one attached hydrogen (secondary N) is 2. The molecule has 1 aliphatic heterocycles. The smallest absolute Gasteiger partial charge is 0.229 e. The molecule has 7 heteroatoms. The van der Waals surface area contributed by atoms with Crippen molar-refractivity contribution in [2.75, 3.05) is 16.8 Å². The van der Waals surface area contributed by atoms with E-state index in [-0.39, 0.29) is 18.2 Å². The van der Waals surface area contributed by atoms with Crippen molar-refractivity contribution in [1.29, 1.82) is 0 Å². The lowest BCUT2D eigenvalue weighted by Gasteiger charge is -2.15. The lowest BCUT2D eigenvalue weighted by Crippen LogP contribution is -2.28. The molecule has 2 heterocycles. The van der Waals surface area contributed by atoms with Crippen LogP contribution >= 0.6 is 15.9 Å². The molecule has 1 fully saturated rings. The lowest BCUT2D eigenvalue weighted by atomic mass is 10.1. The molecule has 1 aromatic heterocycles. The van der Waals surface area contributed by atoms with Crippen LogP contribution in [0.3, 0.4) is 0 Å². The third-order valence-corrected chi connectivity index (χ3v) is 5.15. The van der Waals surface area contributed by atoms with Crippen LogP contribution in [0.1, 0.15) is 12.0 Å². The average Bonchev–Trinajstić information content (AvgIpc) is 3.19. The fourth-order valence-corrected chi connectivity index (χ4v) is 3.58. The van der Waals surface area contributed by atoms with Crippen LogP contribution in [0, 0.1) is 12.8 Å². The van der Waals surface area contributed by atoms with Crippen molar-refractivity contribution in [3.63, 3.8) is 0 Å². The Balaban J connectivity index is 1.55. The molecule has 2 amide bonds. The summed E-state index contributed by atoms with van der Waals surface area (Å²) in [5, 5.41) is 11.0. The molecule has 0 radical (unpaired) electrons. The third kappa shape index (κ3) is 2.99. The Bertz CT molecular complexity index is 1010. The molecule has 1 aliphatic rings. The number of para-hydroxylation sites is 1. The number of carbonyl (C=O) groups is 2. The van der Waals surface area contributed by atoms with Gasteiger partial charge in [-0.15, -0.1) is 0 Å². The van der Waals surface area contributed by atoms with Gasteiger partial charge in [0, 0.05) is 28.5 Å². The summed E-state index contributed by atoms with van der Waals surface area (Å²) >= 11 is 3.42. The summed E-state index contributed by atoms with van der Waals surface area (Å²) < 4.78 is 0.934. The van der Waals surface area contributed by atoms with Crippen molar-refractivity contribution in [2.24, 2.45) is 5.92 Å². The van der Waals surface area contributed by atoms with Crippen LogP contribution < -0.4 is 10.2 Å². The normalized spacial score (nSPS) is 17.1. The molecule has 3 aromatic rings. The molecular formula is C19H17BrN4O2. The Kier molecular flexibility index (Phi) is 4.24. The quantitative estimate of drug-likeness (QED) is 0.689. The van der Waals surface area contributed by atoms with Crippen LogP contribution in [-0.2, 0) is 9.59 Å². The summed E-state index contributed by atoms with van der Waals surface area (Å²) in [6.07, 6.45) is 0.183. The van der Waals surface area contributed by atoms with Crippen molar-refractivity contribution < 1.29 is 9.59 Å². The van der Waals surface area contributed by atoms with E-state index in [2.05, 4.69) is 31.4 Å². The van der Waals surface area contributed by atoms with Gasteiger partial charge in [0.2, 0.25) is 11.8 Å². The molecule has 1 saturated heterocycles. The van der Waals surface area contributed by atoms with Crippen molar-refractivity contribution >= 4 is 50.2 Å². The summed E-state index contributed by atoms with van der Waals surface area (Å²) in [5.41, 5.74) is 2.61. The molecule has 26 heavy (non-hydrogen) atoms. The molecule has 0 bridgehead atoms. The van der Waals surface area contributed by atoms with E-state index in [0.717, 1.165) is 26.6 Å². The Morgan fingerprint density at radius 1 is 1.31 bits per heavy atom. The second kappa shape index (κ2) is 6.57. The van der Waals surface area contributed by atoms with E-state index in [0.29, 0.717) is 12.4 Å². The van der Waals surface area contributed by atoms with E-state index in [4.69, 9.17) is 0 Å². The van der Waals surface area contributed by atoms with Crippen LogP contribution in [0.4, 0.5) is 11.5 Å². The summed E-state index contributed by atoms with van der Waals surface area (Å²) in [5.74, 6) is -0.0583. The summed E-state index contributed by atoms with van der Waals surface area (Å²) in [7, 11) is 0. The summed E-state index contributed by atoms with van der Waals surface area (Å²) in [6, 6.07) is 13.3. The SMILES string of the molecule is Cc1ccccc1NC(=O)C1CC(=O)N(c2n[nH]c3cc(Br)ccc23)C1. The lowest BCUT2D eigenvalue weighted by molar-refractivity contribution is -0.122. The number of aromatic amines is 1. The van der Waals surface area contributed by atoms with Crippen molar-refractivity contribution in [3.05, 3.63) is 52.5 Å². The first-order chi connectivity index (χ1) is 12.5. The van der Waals surface area contributed by atoms with Crippen molar-refractivity contribution in [2.45, 2.75) is 13.3 Å². The van der Waals surface area contributed by atoms with Crippen molar-refractivity contribution in [3.8, 4) is 0 Å². The minimum Gasteiger partial charge on any atom is -0.326 e. The Morgan fingerprint density at radius 3 is 2.92 bits per heavy atom. The number of H-pyrrole nitrogens is 1. The first-order valence-electron chi connectivity index (χ1n) is 8.33. The van der Waals surface area contributed by atoms with Gasteiger partial charge in [-0.05, 0) is 36.8 Å². The number of hydrogen-bond acceptors (Lipinski definition) is 3. The van der Waals surface area contributed by atoms with E-state index in [1.165, 1.54) is 0 Å². The number of hydrogen-bond donors (Lipinski definition) is 2. The molecule has 6 nitrogen and oxygen atoms in total. The van der Waals surface area contributed by atoms with Crippen LogP contribution in [-0.4, -0.2) is 28.6 Å². The maximum Gasteiger partial charge on any atom is 0.229 e. The van der Waals surface area contributed by atoms with Crippen LogP contribution in [0.5, 0.6) is 0 Å². The number of amides is 2. The van der Waals surface area contributed by atoms with Gasteiger partial charge >= 0.3 is 0 Å². The topological polar surface area (TPSA) is 78.1 Å². The minimum atomic E-state index is -0.399. The van der Waals surface area contributed by atoms with Gasteiger partial charge in [-0.25, -0.2) is 0 Å². The van der Waals surface area contributed by atoms with Gasteiger partial charge in [0.1, 0.15) is 0 Å². The number of aryl methyl sites for hydroxylation is 1. The predicted molar refractivity (Wildman–Crippen MR) is 104 cm³/mol. The van der Waals surface area contributed by atoms with Gasteiger partial charge in [-0.3, -0.25) is 19.6 Å². The van der Waals surface area contributed by atoms with E-state index in [1.807, 2.05) is 49.4 Å². The van der Waals surface area contributed by atoms with Gasteiger partial charge in [0.05, 0.1) is 11.4 Å². The van der Waals surface area contributed by atoms with E-state index < -0.39 is 5.92 Å². The molecule has 0 aliphatic carbocycles. The van der Waals surface area contributed by atoms with Gasteiger partial charge in [-0.2, -0.15) is 5.10 Å². The summed E-state index contributed by atoms with van der Waals surface area (Å²) in [6.45, 7) is 2.27. The zero-order valence-corrected chi connectivity index (χ0v) is 15.7. The average molecular weight is 413 g/mol. The first-order valence-corrected chi connectivity index (χ1v) is 9.12. The van der Waals surface area contributed by atoms with Crippen LogP contribution in [0.15, 0.2) is 46.9 Å². The molecule has 2 aromatic carbocycles. The first kappa shape index (κ1) is 16.8. The number of carbonyl (C=O) groups excluding carboxylic acids is 2. The summed E-state index contributed by atoms with van der Waals surface area (Å²) in [4.78, 5) is 26.7. The highest BCUT2D eigenvalue weighted by atomic mass is 79.9. The van der Waals surface area contributed by atoms with Crippen LogP contribution in [0.2, 0.25) is 0 Å². The number of fused-ring (bicyclic) bond motifs is 1. The number of aromatic nitrogens is 2. The molecule has 132 valence electrons. The predicted octanol–water partition coefficient (Wildman–Crippen LogP) is 3.63.